The monoisotopic (exact) mass is 290 g/mol. The van der Waals surface area contributed by atoms with Gasteiger partial charge in [-0.25, -0.2) is 8.42 Å². The van der Waals surface area contributed by atoms with Gasteiger partial charge in [-0.3, -0.25) is 0 Å². The Morgan fingerprint density at radius 2 is 1.61 bits per heavy atom. The molecule has 0 aromatic heterocycles. The fourth-order valence-electron chi connectivity index (χ4n) is 6.30. The SMILES string of the molecule is CC12CC3CC(C)(C1)CC(CCS(=O)(=O)Cl)(C3)C2. The van der Waals surface area contributed by atoms with Crippen molar-refractivity contribution in [2.75, 3.05) is 5.75 Å². The molecule has 4 fully saturated rings. The lowest BCUT2D eigenvalue weighted by Crippen LogP contribution is -2.55. The third-order valence-corrected chi connectivity index (χ3v) is 6.77. The molecule has 0 saturated heterocycles. The highest BCUT2D eigenvalue weighted by molar-refractivity contribution is 8.13. The van der Waals surface area contributed by atoms with Gasteiger partial charge in [-0.15, -0.1) is 0 Å². The van der Waals surface area contributed by atoms with Gasteiger partial charge < -0.3 is 0 Å². The fourth-order valence-corrected chi connectivity index (χ4v) is 7.21. The Hall–Kier alpha value is 0.240. The predicted molar refractivity (Wildman–Crippen MR) is 74.1 cm³/mol. The van der Waals surface area contributed by atoms with Crippen molar-refractivity contribution >= 4 is 19.7 Å². The van der Waals surface area contributed by atoms with E-state index in [1.165, 1.54) is 38.5 Å². The maximum absolute atomic E-state index is 11.2. The van der Waals surface area contributed by atoms with Crippen LogP contribution in [-0.4, -0.2) is 14.2 Å². The third kappa shape index (κ3) is 2.33. The van der Waals surface area contributed by atoms with Gasteiger partial charge in [0.1, 0.15) is 0 Å². The summed E-state index contributed by atoms with van der Waals surface area (Å²) < 4.78 is 22.5. The molecule has 0 amide bonds. The highest BCUT2D eigenvalue weighted by atomic mass is 35.7. The summed E-state index contributed by atoms with van der Waals surface area (Å²) in [6, 6.07) is 0. The summed E-state index contributed by atoms with van der Waals surface area (Å²) in [6.07, 6.45) is 8.52. The minimum atomic E-state index is -3.34. The first-order valence-electron chi connectivity index (χ1n) is 7.04. The highest BCUT2D eigenvalue weighted by Crippen LogP contribution is 2.70. The first-order chi connectivity index (χ1) is 8.11. The molecule has 0 aliphatic heterocycles. The average molecular weight is 291 g/mol. The molecule has 2 nitrogen and oxygen atoms in total. The topological polar surface area (TPSA) is 34.1 Å². The van der Waals surface area contributed by atoms with Crippen LogP contribution in [0.3, 0.4) is 0 Å². The Balaban J connectivity index is 1.85. The predicted octanol–water partition coefficient (Wildman–Crippen LogP) is 3.94. The maximum atomic E-state index is 11.2. The highest BCUT2D eigenvalue weighted by Gasteiger charge is 2.59. The van der Waals surface area contributed by atoms with Crippen LogP contribution in [0.2, 0.25) is 0 Å². The summed E-state index contributed by atoms with van der Waals surface area (Å²) in [5, 5.41) is 0. The van der Waals surface area contributed by atoms with Gasteiger partial charge >= 0.3 is 0 Å². The summed E-state index contributed by atoms with van der Waals surface area (Å²) in [4.78, 5) is 0. The minimum absolute atomic E-state index is 0.160. The molecule has 0 radical (unpaired) electrons. The van der Waals surface area contributed by atoms with Gasteiger partial charge in [-0.05, 0) is 67.1 Å². The van der Waals surface area contributed by atoms with Crippen LogP contribution < -0.4 is 0 Å². The second-order valence-corrected chi connectivity index (χ2v) is 11.0. The first-order valence-corrected chi connectivity index (χ1v) is 9.52. The van der Waals surface area contributed by atoms with Crippen LogP contribution in [0, 0.1) is 22.2 Å². The van der Waals surface area contributed by atoms with E-state index in [9.17, 15) is 8.42 Å². The molecular formula is C14H23ClO2S. The van der Waals surface area contributed by atoms with Gasteiger partial charge in [0, 0.05) is 10.7 Å². The Labute approximate surface area is 115 Å². The van der Waals surface area contributed by atoms with E-state index >= 15 is 0 Å². The van der Waals surface area contributed by atoms with Crippen molar-refractivity contribution < 1.29 is 8.42 Å². The van der Waals surface area contributed by atoms with Crippen LogP contribution in [0.5, 0.6) is 0 Å². The zero-order valence-electron chi connectivity index (χ0n) is 11.3. The molecule has 4 rings (SSSR count). The normalized spacial score (nSPS) is 50.7. The molecular weight excluding hydrogens is 268 g/mol. The van der Waals surface area contributed by atoms with Crippen LogP contribution in [0.25, 0.3) is 0 Å². The molecule has 4 saturated carbocycles. The van der Waals surface area contributed by atoms with Gasteiger partial charge in [0.15, 0.2) is 0 Å². The lowest BCUT2D eigenvalue weighted by Gasteiger charge is -2.65. The van der Waals surface area contributed by atoms with Crippen LogP contribution in [0.1, 0.15) is 58.8 Å². The number of halogens is 1. The third-order valence-electron chi connectivity index (χ3n) is 5.62. The summed E-state index contributed by atoms with van der Waals surface area (Å²) in [5.74, 6) is 0.988. The number of rotatable bonds is 3. The van der Waals surface area contributed by atoms with Crippen molar-refractivity contribution in [1.29, 1.82) is 0 Å². The van der Waals surface area contributed by atoms with E-state index in [0.29, 0.717) is 10.8 Å². The zero-order valence-corrected chi connectivity index (χ0v) is 12.9. The molecule has 0 aromatic rings. The minimum Gasteiger partial charge on any atom is -0.212 e. The largest absolute Gasteiger partial charge is 0.232 e. The van der Waals surface area contributed by atoms with Crippen LogP contribution in [0.15, 0.2) is 0 Å². The van der Waals surface area contributed by atoms with E-state index < -0.39 is 9.05 Å². The van der Waals surface area contributed by atoms with Crippen LogP contribution in [0.4, 0.5) is 0 Å². The Morgan fingerprint density at radius 1 is 1.06 bits per heavy atom. The Bertz CT molecular complexity index is 452. The summed E-state index contributed by atoms with van der Waals surface area (Å²) in [6.45, 7) is 4.83. The summed E-state index contributed by atoms with van der Waals surface area (Å²) >= 11 is 0. The van der Waals surface area contributed by atoms with Crippen molar-refractivity contribution in [2.24, 2.45) is 22.2 Å². The molecule has 4 heteroatoms. The van der Waals surface area contributed by atoms with Crippen molar-refractivity contribution in [3.8, 4) is 0 Å². The molecule has 2 unspecified atom stereocenters. The molecule has 4 aliphatic rings. The molecule has 0 heterocycles. The molecule has 0 N–H and O–H groups in total. The quantitative estimate of drug-likeness (QED) is 0.738. The van der Waals surface area contributed by atoms with Crippen molar-refractivity contribution in [2.45, 2.75) is 58.8 Å². The van der Waals surface area contributed by atoms with E-state index in [0.717, 1.165) is 12.3 Å². The van der Waals surface area contributed by atoms with E-state index in [1.807, 2.05) is 0 Å². The maximum Gasteiger partial charge on any atom is 0.232 e. The van der Waals surface area contributed by atoms with Crippen molar-refractivity contribution in [3.63, 3.8) is 0 Å². The van der Waals surface area contributed by atoms with Gasteiger partial charge in [0.25, 0.3) is 0 Å². The van der Waals surface area contributed by atoms with E-state index in [1.54, 1.807) is 0 Å². The summed E-state index contributed by atoms with van der Waals surface area (Å²) in [5.41, 5.74) is 1.19. The number of hydrogen-bond donors (Lipinski definition) is 0. The molecule has 2 atom stereocenters. The molecule has 0 spiro atoms. The average Bonchev–Trinajstić information content (AvgIpc) is 2.07. The van der Waals surface area contributed by atoms with Gasteiger partial charge in [-0.2, -0.15) is 0 Å². The van der Waals surface area contributed by atoms with Gasteiger partial charge in [0.2, 0.25) is 9.05 Å². The molecule has 18 heavy (non-hydrogen) atoms. The zero-order chi connectivity index (χ0) is 13.2. The molecule has 4 aliphatic carbocycles. The van der Waals surface area contributed by atoms with Crippen LogP contribution in [-0.2, 0) is 9.05 Å². The second-order valence-electron chi connectivity index (χ2n) is 8.12. The Kier molecular flexibility index (Phi) is 2.69. The lowest BCUT2D eigenvalue weighted by atomic mass is 9.40. The van der Waals surface area contributed by atoms with Crippen LogP contribution >= 0.6 is 10.7 Å². The van der Waals surface area contributed by atoms with Crippen molar-refractivity contribution in [1.82, 2.24) is 0 Å². The van der Waals surface area contributed by atoms with E-state index in [4.69, 9.17) is 10.7 Å². The molecule has 4 bridgehead atoms. The smallest absolute Gasteiger partial charge is 0.212 e. The standard InChI is InChI=1S/C14H23ClO2S/c1-12-5-11-6-13(2,8-12)10-14(7-11,9-12)3-4-18(15,16)17/h11H,3-10H2,1-2H3. The lowest BCUT2D eigenvalue weighted by molar-refractivity contribution is -0.145. The van der Waals surface area contributed by atoms with E-state index in [2.05, 4.69) is 13.8 Å². The fraction of sp³-hybridized carbons (Fsp3) is 1.00. The summed E-state index contributed by atoms with van der Waals surface area (Å²) in [7, 11) is 2.08. The van der Waals surface area contributed by atoms with Crippen molar-refractivity contribution in [3.05, 3.63) is 0 Å². The second kappa shape index (κ2) is 3.66. The molecule has 0 aromatic carbocycles. The van der Waals surface area contributed by atoms with Gasteiger partial charge in [-0.1, -0.05) is 13.8 Å². The Morgan fingerprint density at radius 3 is 2.06 bits per heavy atom. The van der Waals surface area contributed by atoms with E-state index in [-0.39, 0.29) is 11.2 Å². The van der Waals surface area contributed by atoms with Gasteiger partial charge in [0.05, 0.1) is 5.75 Å². The number of hydrogen-bond acceptors (Lipinski definition) is 2. The molecule has 104 valence electrons. The first kappa shape index (κ1) is 13.2.